The van der Waals surface area contributed by atoms with Crippen LogP contribution in [0.3, 0.4) is 0 Å². The number of aliphatic hydroxyl groups is 1. The lowest BCUT2D eigenvalue weighted by Crippen LogP contribution is -2.37. The molecule has 1 aromatic heterocycles. The Hall–Kier alpha value is -2.24. The third kappa shape index (κ3) is 4.68. The van der Waals surface area contributed by atoms with Gasteiger partial charge in [-0.2, -0.15) is 0 Å². The minimum atomic E-state index is -1.07. The number of hydrogen-bond acceptors (Lipinski definition) is 4. The Labute approximate surface area is 155 Å². The van der Waals surface area contributed by atoms with Crippen molar-refractivity contribution in [3.63, 3.8) is 0 Å². The predicted octanol–water partition coefficient (Wildman–Crippen LogP) is 2.63. The zero-order valence-corrected chi connectivity index (χ0v) is 15.3. The molecule has 2 heterocycles. The van der Waals surface area contributed by atoms with E-state index in [4.69, 9.17) is 0 Å². The van der Waals surface area contributed by atoms with Gasteiger partial charge in [-0.1, -0.05) is 36.4 Å². The van der Waals surface area contributed by atoms with Gasteiger partial charge in [-0.05, 0) is 44.0 Å². The van der Waals surface area contributed by atoms with Crippen molar-refractivity contribution in [3.05, 3.63) is 66.0 Å². The number of aromatic nitrogens is 1. The van der Waals surface area contributed by atoms with Crippen molar-refractivity contribution < 1.29 is 9.90 Å². The van der Waals surface area contributed by atoms with Gasteiger partial charge < -0.3 is 10.0 Å². The quantitative estimate of drug-likeness (QED) is 0.898. The molecule has 3 rings (SSSR count). The fourth-order valence-electron chi connectivity index (χ4n) is 3.57. The van der Waals surface area contributed by atoms with E-state index in [-0.39, 0.29) is 5.91 Å². The number of pyridine rings is 1. The maximum atomic E-state index is 12.7. The summed E-state index contributed by atoms with van der Waals surface area (Å²) in [7, 11) is 2.12. The summed E-state index contributed by atoms with van der Waals surface area (Å²) in [5.41, 5.74) is 1.72. The average Bonchev–Trinajstić information content (AvgIpc) is 2.94. The average molecular weight is 353 g/mol. The summed E-state index contributed by atoms with van der Waals surface area (Å²) in [4.78, 5) is 21.2. The van der Waals surface area contributed by atoms with E-state index in [0.717, 1.165) is 31.5 Å². The van der Waals surface area contributed by atoms with Gasteiger partial charge in [0.2, 0.25) is 0 Å². The molecule has 1 unspecified atom stereocenters. The van der Waals surface area contributed by atoms with Crippen molar-refractivity contribution in [2.75, 3.05) is 20.1 Å². The first-order valence-electron chi connectivity index (χ1n) is 9.27. The molecule has 0 saturated carbocycles. The van der Waals surface area contributed by atoms with Crippen LogP contribution in [0.4, 0.5) is 0 Å². The second-order valence-electron chi connectivity index (χ2n) is 6.96. The topological polar surface area (TPSA) is 56.7 Å². The first-order chi connectivity index (χ1) is 12.6. The van der Waals surface area contributed by atoms with Crippen molar-refractivity contribution >= 4 is 5.91 Å². The molecule has 1 saturated heterocycles. The summed E-state index contributed by atoms with van der Waals surface area (Å²) in [6.45, 7) is 2.20. The van der Waals surface area contributed by atoms with E-state index in [1.165, 1.54) is 0 Å². The molecular weight excluding hydrogens is 326 g/mol. The second kappa shape index (κ2) is 8.92. The summed E-state index contributed by atoms with van der Waals surface area (Å²) >= 11 is 0. The third-order valence-electron chi connectivity index (χ3n) is 5.12. The van der Waals surface area contributed by atoms with Crippen LogP contribution < -0.4 is 0 Å². The predicted molar refractivity (Wildman–Crippen MR) is 101 cm³/mol. The van der Waals surface area contributed by atoms with Crippen molar-refractivity contribution in [3.8, 4) is 0 Å². The zero-order chi connectivity index (χ0) is 18.4. The maximum absolute atomic E-state index is 12.7. The molecule has 2 aromatic rings. The first-order valence-corrected chi connectivity index (χ1v) is 9.27. The fraction of sp³-hybridized carbons (Fsp3) is 0.429. The van der Waals surface area contributed by atoms with Crippen LogP contribution in [0.25, 0.3) is 0 Å². The lowest BCUT2D eigenvalue weighted by molar-refractivity contribution is -0.140. The highest BCUT2D eigenvalue weighted by atomic mass is 16.3. The largest absolute Gasteiger partial charge is 0.378 e. The molecule has 5 nitrogen and oxygen atoms in total. The Morgan fingerprint density at radius 1 is 1.19 bits per heavy atom. The van der Waals surface area contributed by atoms with Crippen molar-refractivity contribution in [1.82, 2.24) is 14.8 Å². The third-order valence-corrected chi connectivity index (χ3v) is 5.12. The zero-order valence-electron chi connectivity index (χ0n) is 15.3. The highest BCUT2D eigenvalue weighted by molar-refractivity contribution is 5.82. The molecule has 1 fully saturated rings. The fourth-order valence-corrected chi connectivity index (χ4v) is 3.57. The molecule has 1 N–H and O–H groups in total. The summed E-state index contributed by atoms with van der Waals surface area (Å²) in [5, 5.41) is 10.4. The smallest absolute Gasteiger partial charge is 0.256 e. The Bertz CT molecular complexity index is 693. The monoisotopic (exact) mass is 353 g/mol. The van der Waals surface area contributed by atoms with Crippen LogP contribution in [0, 0.1) is 0 Å². The lowest BCUT2D eigenvalue weighted by Gasteiger charge is -2.27. The van der Waals surface area contributed by atoms with Gasteiger partial charge in [-0.25, -0.2) is 0 Å². The van der Waals surface area contributed by atoms with Gasteiger partial charge in [-0.15, -0.1) is 0 Å². The molecule has 5 heteroatoms. The lowest BCUT2D eigenvalue weighted by atomic mass is 10.1. The second-order valence-corrected chi connectivity index (χ2v) is 6.96. The summed E-state index contributed by atoms with van der Waals surface area (Å²) in [6, 6.07) is 15.6. The molecule has 0 bridgehead atoms. The standard InChI is InChI=1S/C21H27N3O2/c1-23(16-18-10-5-6-13-22-18)19-11-7-14-24(15-12-19)21(26)20(25)17-8-3-2-4-9-17/h2-6,8-10,13,19-20,25H,7,11-12,14-16H2,1H3/t19?,20-/m1/s1. The molecule has 26 heavy (non-hydrogen) atoms. The number of rotatable bonds is 5. The number of likely N-dealkylation sites (tertiary alicyclic amines) is 1. The molecule has 1 aromatic carbocycles. The Balaban J connectivity index is 1.56. The van der Waals surface area contributed by atoms with Crippen LogP contribution in [0.15, 0.2) is 54.7 Å². The molecule has 0 radical (unpaired) electrons. The summed E-state index contributed by atoms with van der Waals surface area (Å²) in [6.07, 6.45) is 3.66. The number of carbonyl (C=O) groups is 1. The molecule has 0 spiro atoms. The van der Waals surface area contributed by atoms with Gasteiger partial charge in [0.25, 0.3) is 5.91 Å². The molecule has 1 aliphatic rings. The van der Waals surface area contributed by atoms with Gasteiger partial charge in [0.05, 0.1) is 5.69 Å². The van der Waals surface area contributed by atoms with Crippen LogP contribution >= 0.6 is 0 Å². The minimum absolute atomic E-state index is 0.191. The van der Waals surface area contributed by atoms with E-state index in [0.29, 0.717) is 24.7 Å². The first kappa shape index (κ1) is 18.5. The number of aliphatic hydroxyl groups excluding tert-OH is 1. The highest BCUT2D eigenvalue weighted by Crippen LogP contribution is 2.21. The van der Waals surface area contributed by atoms with Crippen molar-refractivity contribution in [2.24, 2.45) is 0 Å². The van der Waals surface area contributed by atoms with E-state index in [9.17, 15) is 9.90 Å². The van der Waals surface area contributed by atoms with E-state index >= 15 is 0 Å². The van der Waals surface area contributed by atoms with E-state index in [2.05, 4.69) is 16.9 Å². The van der Waals surface area contributed by atoms with E-state index in [1.807, 2.05) is 47.5 Å². The summed E-state index contributed by atoms with van der Waals surface area (Å²) < 4.78 is 0. The van der Waals surface area contributed by atoms with Gasteiger partial charge in [0, 0.05) is 31.9 Å². The van der Waals surface area contributed by atoms with Crippen LogP contribution in [0.1, 0.15) is 36.6 Å². The highest BCUT2D eigenvalue weighted by Gasteiger charge is 2.27. The number of benzene rings is 1. The molecule has 138 valence electrons. The van der Waals surface area contributed by atoms with Crippen LogP contribution in [-0.4, -0.2) is 52.0 Å². The van der Waals surface area contributed by atoms with Gasteiger partial charge in [0.15, 0.2) is 6.10 Å². The molecule has 0 aliphatic carbocycles. The van der Waals surface area contributed by atoms with Gasteiger partial charge >= 0.3 is 0 Å². The van der Waals surface area contributed by atoms with Crippen LogP contribution in [0.2, 0.25) is 0 Å². The number of amides is 1. The maximum Gasteiger partial charge on any atom is 0.256 e. The number of hydrogen-bond donors (Lipinski definition) is 1. The van der Waals surface area contributed by atoms with E-state index < -0.39 is 6.10 Å². The Kier molecular flexibility index (Phi) is 6.36. The minimum Gasteiger partial charge on any atom is -0.378 e. The van der Waals surface area contributed by atoms with Crippen LogP contribution in [0.5, 0.6) is 0 Å². The Morgan fingerprint density at radius 3 is 2.69 bits per heavy atom. The van der Waals surface area contributed by atoms with E-state index in [1.54, 1.807) is 12.1 Å². The normalized spacial score (nSPS) is 19.2. The molecule has 1 aliphatic heterocycles. The van der Waals surface area contributed by atoms with Crippen molar-refractivity contribution in [1.29, 1.82) is 0 Å². The number of carbonyl (C=O) groups excluding carboxylic acids is 1. The SMILES string of the molecule is CN(Cc1ccccn1)C1CCCN(C(=O)[C@H](O)c2ccccc2)CC1. The Morgan fingerprint density at radius 2 is 1.96 bits per heavy atom. The molecule has 1 amide bonds. The summed E-state index contributed by atoms with van der Waals surface area (Å²) in [5.74, 6) is -0.191. The van der Waals surface area contributed by atoms with Crippen LogP contribution in [-0.2, 0) is 11.3 Å². The molecule has 2 atom stereocenters. The van der Waals surface area contributed by atoms with Gasteiger partial charge in [0.1, 0.15) is 0 Å². The number of nitrogens with zero attached hydrogens (tertiary/aromatic N) is 3. The van der Waals surface area contributed by atoms with Gasteiger partial charge in [-0.3, -0.25) is 14.7 Å². The molecular formula is C21H27N3O2. The van der Waals surface area contributed by atoms with Crippen molar-refractivity contribution in [2.45, 2.75) is 38.0 Å².